The van der Waals surface area contributed by atoms with E-state index in [0.717, 1.165) is 18.5 Å². The Morgan fingerprint density at radius 1 is 1.33 bits per heavy atom. The molecule has 18 heavy (non-hydrogen) atoms. The van der Waals surface area contributed by atoms with E-state index in [9.17, 15) is 0 Å². The van der Waals surface area contributed by atoms with Gasteiger partial charge in [-0.1, -0.05) is 33.1 Å². The Hall–Kier alpha value is -1.16. The second-order valence-electron chi connectivity index (χ2n) is 4.73. The largest absolute Gasteiger partial charge is 0.481 e. The molecule has 0 saturated carbocycles. The van der Waals surface area contributed by atoms with Gasteiger partial charge in [-0.05, 0) is 12.3 Å². The van der Waals surface area contributed by atoms with Gasteiger partial charge in [0.1, 0.15) is 6.33 Å². The molecule has 0 aliphatic rings. The van der Waals surface area contributed by atoms with E-state index in [1.165, 1.54) is 25.6 Å². The number of ether oxygens (including phenoxy) is 1. The molecule has 0 aromatic carbocycles. The molecular weight excluding hydrogens is 226 g/mol. The lowest BCUT2D eigenvalue weighted by Crippen LogP contribution is -2.32. The van der Waals surface area contributed by atoms with Gasteiger partial charge in [0, 0.05) is 24.2 Å². The Bertz CT molecular complexity index is 344. The monoisotopic (exact) mass is 251 g/mol. The number of aromatic nitrogens is 2. The van der Waals surface area contributed by atoms with Gasteiger partial charge in [0.2, 0.25) is 5.88 Å². The van der Waals surface area contributed by atoms with Crippen molar-refractivity contribution in [3.8, 4) is 5.88 Å². The van der Waals surface area contributed by atoms with Gasteiger partial charge < -0.3 is 10.5 Å². The molecule has 102 valence electrons. The predicted octanol–water partition coefficient (Wildman–Crippen LogP) is 2.57. The van der Waals surface area contributed by atoms with E-state index in [4.69, 9.17) is 10.5 Å². The van der Waals surface area contributed by atoms with Crippen LogP contribution in [0.5, 0.6) is 5.88 Å². The molecule has 4 heteroatoms. The van der Waals surface area contributed by atoms with Crippen molar-refractivity contribution in [1.29, 1.82) is 0 Å². The number of unbranched alkanes of at least 4 members (excludes halogenated alkanes) is 1. The summed E-state index contributed by atoms with van der Waals surface area (Å²) < 4.78 is 5.10. The second kappa shape index (κ2) is 8.03. The minimum atomic E-state index is 0.168. The van der Waals surface area contributed by atoms with E-state index in [1.807, 2.05) is 6.07 Å². The average molecular weight is 251 g/mol. The highest BCUT2D eigenvalue weighted by molar-refractivity contribution is 5.14. The van der Waals surface area contributed by atoms with Crippen LogP contribution in [0.1, 0.15) is 45.2 Å². The van der Waals surface area contributed by atoms with Crippen molar-refractivity contribution in [3.63, 3.8) is 0 Å². The number of methoxy groups -OCH3 is 1. The zero-order valence-corrected chi connectivity index (χ0v) is 11.7. The molecule has 1 heterocycles. The first kappa shape index (κ1) is 14.9. The molecule has 2 atom stereocenters. The molecule has 0 aliphatic carbocycles. The Kier molecular flexibility index (Phi) is 6.65. The number of hydrogen-bond donors (Lipinski definition) is 1. The standard InChI is InChI=1S/C14H25N3O/c1-4-6-7-11(5-2)13(15)8-12-9-14(18-3)17-10-16-12/h9-11,13H,4-8,15H2,1-3H3. The first-order valence-corrected chi connectivity index (χ1v) is 6.81. The van der Waals surface area contributed by atoms with Crippen LogP contribution in [-0.4, -0.2) is 23.1 Å². The highest BCUT2D eigenvalue weighted by Crippen LogP contribution is 2.18. The van der Waals surface area contributed by atoms with Crippen LogP contribution in [-0.2, 0) is 6.42 Å². The SMILES string of the molecule is CCCCC(CC)C(N)Cc1cc(OC)ncn1. The van der Waals surface area contributed by atoms with Crippen molar-refractivity contribution in [2.45, 2.75) is 52.0 Å². The van der Waals surface area contributed by atoms with Crippen LogP contribution < -0.4 is 10.5 Å². The van der Waals surface area contributed by atoms with Crippen molar-refractivity contribution >= 4 is 0 Å². The van der Waals surface area contributed by atoms with Gasteiger partial charge in [0.25, 0.3) is 0 Å². The summed E-state index contributed by atoms with van der Waals surface area (Å²) in [4.78, 5) is 8.26. The molecule has 1 rings (SSSR count). The van der Waals surface area contributed by atoms with Gasteiger partial charge in [0.05, 0.1) is 7.11 Å². The summed E-state index contributed by atoms with van der Waals surface area (Å²) in [6, 6.07) is 2.04. The van der Waals surface area contributed by atoms with E-state index in [0.29, 0.717) is 11.8 Å². The van der Waals surface area contributed by atoms with E-state index >= 15 is 0 Å². The van der Waals surface area contributed by atoms with Gasteiger partial charge in [-0.2, -0.15) is 0 Å². The summed E-state index contributed by atoms with van der Waals surface area (Å²) in [6.45, 7) is 4.42. The van der Waals surface area contributed by atoms with Crippen molar-refractivity contribution in [3.05, 3.63) is 18.1 Å². The van der Waals surface area contributed by atoms with Crippen molar-refractivity contribution < 1.29 is 4.74 Å². The van der Waals surface area contributed by atoms with Crippen molar-refractivity contribution in [1.82, 2.24) is 9.97 Å². The molecule has 2 N–H and O–H groups in total. The predicted molar refractivity (Wildman–Crippen MR) is 73.6 cm³/mol. The number of nitrogens with zero attached hydrogens (tertiary/aromatic N) is 2. The Morgan fingerprint density at radius 3 is 2.72 bits per heavy atom. The molecule has 4 nitrogen and oxygen atoms in total. The van der Waals surface area contributed by atoms with E-state index in [2.05, 4.69) is 23.8 Å². The first-order chi connectivity index (χ1) is 8.71. The quantitative estimate of drug-likeness (QED) is 0.771. The van der Waals surface area contributed by atoms with Crippen LogP contribution >= 0.6 is 0 Å². The van der Waals surface area contributed by atoms with Crippen LogP contribution in [0, 0.1) is 5.92 Å². The summed E-state index contributed by atoms with van der Waals surface area (Å²) >= 11 is 0. The maximum Gasteiger partial charge on any atom is 0.216 e. The molecule has 0 radical (unpaired) electrons. The first-order valence-electron chi connectivity index (χ1n) is 6.81. The van der Waals surface area contributed by atoms with Gasteiger partial charge in [-0.25, -0.2) is 9.97 Å². The molecule has 0 aliphatic heterocycles. The van der Waals surface area contributed by atoms with Crippen LogP contribution in [0.4, 0.5) is 0 Å². The van der Waals surface area contributed by atoms with Gasteiger partial charge in [-0.15, -0.1) is 0 Å². The normalized spacial score (nSPS) is 14.2. The molecule has 0 fully saturated rings. The number of hydrogen-bond acceptors (Lipinski definition) is 4. The number of rotatable bonds is 8. The van der Waals surface area contributed by atoms with Crippen LogP contribution in [0.3, 0.4) is 0 Å². The Labute approximate surface area is 110 Å². The minimum Gasteiger partial charge on any atom is -0.481 e. The maximum atomic E-state index is 6.29. The second-order valence-corrected chi connectivity index (χ2v) is 4.73. The zero-order valence-electron chi connectivity index (χ0n) is 11.7. The molecule has 2 unspecified atom stereocenters. The topological polar surface area (TPSA) is 61.0 Å². The van der Waals surface area contributed by atoms with E-state index in [-0.39, 0.29) is 6.04 Å². The average Bonchev–Trinajstić information content (AvgIpc) is 2.40. The lowest BCUT2D eigenvalue weighted by Gasteiger charge is -2.22. The van der Waals surface area contributed by atoms with Crippen molar-refractivity contribution in [2.24, 2.45) is 11.7 Å². The third-order valence-electron chi connectivity index (χ3n) is 3.41. The van der Waals surface area contributed by atoms with Crippen LogP contribution in [0.2, 0.25) is 0 Å². The summed E-state index contributed by atoms with van der Waals surface area (Å²) in [5.41, 5.74) is 7.25. The Balaban J connectivity index is 2.58. The molecule has 0 spiro atoms. The van der Waals surface area contributed by atoms with Crippen molar-refractivity contribution in [2.75, 3.05) is 7.11 Å². The molecule has 0 saturated heterocycles. The van der Waals surface area contributed by atoms with Crippen LogP contribution in [0.15, 0.2) is 12.4 Å². The van der Waals surface area contributed by atoms with Gasteiger partial charge >= 0.3 is 0 Å². The summed E-state index contributed by atoms with van der Waals surface area (Å²) in [6.07, 6.45) is 7.14. The molecule has 0 amide bonds. The fourth-order valence-electron chi connectivity index (χ4n) is 2.20. The number of nitrogens with two attached hydrogens (primary N) is 1. The van der Waals surface area contributed by atoms with Gasteiger partial charge in [0.15, 0.2) is 0 Å². The minimum absolute atomic E-state index is 0.168. The fraction of sp³-hybridized carbons (Fsp3) is 0.714. The van der Waals surface area contributed by atoms with E-state index in [1.54, 1.807) is 7.11 Å². The summed E-state index contributed by atoms with van der Waals surface area (Å²) in [7, 11) is 1.61. The molecule has 1 aromatic heterocycles. The summed E-state index contributed by atoms with van der Waals surface area (Å²) in [5.74, 6) is 1.18. The van der Waals surface area contributed by atoms with Gasteiger partial charge in [-0.3, -0.25) is 0 Å². The smallest absolute Gasteiger partial charge is 0.216 e. The molecule has 1 aromatic rings. The highest BCUT2D eigenvalue weighted by atomic mass is 16.5. The zero-order chi connectivity index (χ0) is 13.4. The lowest BCUT2D eigenvalue weighted by molar-refractivity contribution is 0.364. The fourth-order valence-corrected chi connectivity index (χ4v) is 2.20. The third-order valence-corrected chi connectivity index (χ3v) is 3.41. The lowest BCUT2D eigenvalue weighted by atomic mass is 9.89. The summed E-state index contributed by atoms with van der Waals surface area (Å²) in [5, 5.41) is 0. The maximum absolute atomic E-state index is 6.29. The molecule has 0 bridgehead atoms. The third kappa shape index (κ3) is 4.61. The molecular formula is C14H25N3O. The van der Waals surface area contributed by atoms with E-state index < -0.39 is 0 Å². The highest BCUT2D eigenvalue weighted by Gasteiger charge is 2.16. The Morgan fingerprint density at radius 2 is 2.11 bits per heavy atom. The van der Waals surface area contributed by atoms with Crippen LogP contribution in [0.25, 0.3) is 0 Å².